The Morgan fingerprint density at radius 3 is 2.94 bits per heavy atom. The summed E-state index contributed by atoms with van der Waals surface area (Å²) < 4.78 is 5.20. The molecule has 1 aromatic carbocycles. The first kappa shape index (κ1) is 12.9. The van der Waals surface area contributed by atoms with E-state index in [1.165, 1.54) is 0 Å². The number of rotatable bonds is 3. The molecule has 98 valence electrons. The second-order valence-electron chi connectivity index (χ2n) is 4.78. The van der Waals surface area contributed by atoms with Gasteiger partial charge in [0.05, 0.1) is 0 Å². The smallest absolute Gasteiger partial charge is 0.407 e. The van der Waals surface area contributed by atoms with E-state index in [1.54, 1.807) is 0 Å². The molecule has 1 aromatic rings. The molecule has 0 bridgehead atoms. The predicted molar refractivity (Wildman–Crippen MR) is 70.2 cm³/mol. The lowest BCUT2D eigenvalue weighted by atomic mass is 10.0. The van der Waals surface area contributed by atoms with Crippen LogP contribution in [0.5, 0.6) is 0 Å². The highest BCUT2D eigenvalue weighted by Gasteiger charge is 2.20. The van der Waals surface area contributed by atoms with Gasteiger partial charge in [0.25, 0.3) is 0 Å². The molecule has 1 heterocycles. The molecule has 0 aromatic heterocycles. The molecule has 2 N–H and O–H groups in total. The summed E-state index contributed by atoms with van der Waals surface area (Å²) in [5.41, 5.74) is 1.01. The van der Waals surface area contributed by atoms with Crippen molar-refractivity contribution in [2.24, 2.45) is 0 Å². The van der Waals surface area contributed by atoms with Crippen LogP contribution in [0.2, 0.25) is 0 Å². The topological polar surface area (TPSA) is 50.4 Å². The molecular formula is C14H20N2O2. The number of benzene rings is 1. The van der Waals surface area contributed by atoms with Crippen LogP contribution in [0.3, 0.4) is 0 Å². The third kappa shape index (κ3) is 4.04. The molecule has 0 aliphatic carbocycles. The largest absolute Gasteiger partial charge is 0.445 e. The van der Waals surface area contributed by atoms with Gasteiger partial charge in [-0.1, -0.05) is 30.3 Å². The van der Waals surface area contributed by atoms with Crippen molar-refractivity contribution < 1.29 is 9.53 Å². The molecule has 4 nitrogen and oxygen atoms in total. The van der Waals surface area contributed by atoms with Crippen molar-refractivity contribution in [3.63, 3.8) is 0 Å². The maximum absolute atomic E-state index is 11.6. The van der Waals surface area contributed by atoms with Crippen LogP contribution in [0.15, 0.2) is 30.3 Å². The van der Waals surface area contributed by atoms with Crippen molar-refractivity contribution in [2.45, 2.75) is 38.5 Å². The summed E-state index contributed by atoms with van der Waals surface area (Å²) in [5.74, 6) is 0. The maximum atomic E-state index is 11.6. The Labute approximate surface area is 108 Å². The van der Waals surface area contributed by atoms with E-state index in [9.17, 15) is 4.79 Å². The third-order valence-corrected chi connectivity index (χ3v) is 3.16. The number of piperidine rings is 1. The van der Waals surface area contributed by atoms with E-state index in [-0.39, 0.29) is 12.1 Å². The van der Waals surface area contributed by atoms with Crippen LogP contribution in [-0.4, -0.2) is 24.7 Å². The Bertz CT molecular complexity index is 381. The van der Waals surface area contributed by atoms with Crippen LogP contribution in [0.4, 0.5) is 4.79 Å². The summed E-state index contributed by atoms with van der Waals surface area (Å²) >= 11 is 0. The molecule has 2 rings (SSSR count). The zero-order valence-corrected chi connectivity index (χ0v) is 10.7. The number of carbonyl (C=O) groups excluding carboxylic acids is 1. The lowest BCUT2D eigenvalue weighted by molar-refractivity contribution is 0.132. The number of alkyl carbamates (subject to hydrolysis) is 1. The lowest BCUT2D eigenvalue weighted by Crippen LogP contribution is -2.46. The summed E-state index contributed by atoms with van der Waals surface area (Å²) in [6, 6.07) is 10.4. The van der Waals surface area contributed by atoms with Crippen LogP contribution < -0.4 is 10.6 Å². The number of hydrogen-bond acceptors (Lipinski definition) is 3. The van der Waals surface area contributed by atoms with Gasteiger partial charge in [0.15, 0.2) is 0 Å². The summed E-state index contributed by atoms with van der Waals surface area (Å²) in [7, 11) is 0. The number of ether oxygens (including phenoxy) is 1. The van der Waals surface area contributed by atoms with Crippen molar-refractivity contribution in [3.05, 3.63) is 35.9 Å². The summed E-state index contributed by atoms with van der Waals surface area (Å²) in [6.07, 6.45) is 1.60. The Morgan fingerprint density at radius 1 is 1.44 bits per heavy atom. The molecule has 1 aliphatic heterocycles. The zero-order chi connectivity index (χ0) is 12.8. The van der Waals surface area contributed by atoms with Crippen molar-refractivity contribution in [1.29, 1.82) is 0 Å². The maximum Gasteiger partial charge on any atom is 0.407 e. The van der Waals surface area contributed by atoms with E-state index in [4.69, 9.17) is 4.74 Å². The zero-order valence-electron chi connectivity index (χ0n) is 10.7. The Kier molecular flexibility index (Phi) is 4.59. The van der Waals surface area contributed by atoms with Crippen LogP contribution in [-0.2, 0) is 11.3 Å². The molecule has 1 aliphatic rings. The van der Waals surface area contributed by atoms with Gasteiger partial charge in [0, 0.05) is 12.1 Å². The first-order chi connectivity index (χ1) is 8.74. The predicted octanol–water partition coefficient (Wildman–Crippen LogP) is 2.05. The van der Waals surface area contributed by atoms with Crippen molar-refractivity contribution in [3.8, 4) is 0 Å². The van der Waals surface area contributed by atoms with Crippen LogP contribution >= 0.6 is 0 Å². The average molecular weight is 248 g/mol. The van der Waals surface area contributed by atoms with Gasteiger partial charge in [-0.05, 0) is 31.9 Å². The molecule has 1 unspecified atom stereocenters. The van der Waals surface area contributed by atoms with Crippen molar-refractivity contribution in [2.75, 3.05) is 6.54 Å². The van der Waals surface area contributed by atoms with Gasteiger partial charge in [-0.2, -0.15) is 0 Å². The van der Waals surface area contributed by atoms with Gasteiger partial charge in [0.2, 0.25) is 0 Å². The second-order valence-corrected chi connectivity index (χ2v) is 4.78. The van der Waals surface area contributed by atoms with E-state index < -0.39 is 0 Å². The monoisotopic (exact) mass is 248 g/mol. The van der Waals surface area contributed by atoms with Crippen LogP contribution in [0.25, 0.3) is 0 Å². The van der Waals surface area contributed by atoms with E-state index in [2.05, 4.69) is 17.6 Å². The van der Waals surface area contributed by atoms with Crippen LogP contribution in [0.1, 0.15) is 25.3 Å². The van der Waals surface area contributed by atoms with E-state index in [0.29, 0.717) is 12.6 Å². The fourth-order valence-electron chi connectivity index (χ4n) is 2.19. The Balaban J connectivity index is 1.72. The molecule has 1 fully saturated rings. The minimum Gasteiger partial charge on any atom is -0.445 e. The average Bonchev–Trinajstić information content (AvgIpc) is 2.38. The van der Waals surface area contributed by atoms with Gasteiger partial charge >= 0.3 is 6.09 Å². The fourth-order valence-corrected chi connectivity index (χ4v) is 2.19. The Morgan fingerprint density at radius 2 is 2.22 bits per heavy atom. The van der Waals surface area contributed by atoms with Crippen LogP contribution in [0, 0.1) is 0 Å². The highest BCUT2D eigenvalue weighted by molar-refractivity contribution is 5.67. The molecule has 0 spiro atoms. The molecule has 0 radical (unpaired) electrons. The van der Waals surface area contributed by atoms with Gasteiger partial charge in [0.1, 0.15) is 6.61 Å². The summed E-state index contributed by atoms with van der Waals surface area (Å²) in [4.78, 5) is 11.6. The molecule has 1 saturated heterocycles. The summed E-state index contributed by atoms with van der Waals surface area (Å²) in [6.45, 7) is 3.40. The van der Waals surface area contributed by atoms with Gasteiger partial charge < -0.3 is 15.4 Å². The number of amides is 1. The first-order valence-corrected chi connectivity index (χ1v) is 6.44. The summed E-state index contributed by atoms with van der Waals surface area (Å²) in [5, 5.41) is 6.27. The van der Waals surface area contributed by atoms with E-state index >= 15 is 0 Å². The van der Waals surface area contributed by atoms with E-state index in [1.807, 2.05) is 30.3 Å². The lowest BCUT2D eigenvalue weighted by Gasteiger charge is -2.28. The quantitative estimate of drug-likeness (QED) is 0.860. The fraction of sp³-hybridized carbons (Fsp3) is 0.500. The highest BCUT2D eigenvalue weighted by Crippen LogP contribution is 2.08. The van der Waals surface area contributed by atoms with Gasteiger partial charge in [-0.15, -0.1) is 0 Å². The molecule has 4 heteroatoms. The number of nitrogens with one attached hydrogen (secondary N) is 2. The van der Waals surface area contributed by atoms with E-state index in [0.717, 1.165) is 24.9 Å². The van der Waals surface area contributed by atoms with Gasteiger partial charge in [-0.3, -0.25) is 0 Å². The minimum atomic E-state index is -0.321. The SMILES string of the molecule is C[C@H]1CC(NC(=O)OCc2ccccc2)CCN1. The third-order valence-electron chi connectivity index (χ3n) is 3.16. The molecular weight excluding hydrogens is 228 g/mol. The highest BCUT2D eigenvalue weighted by atomic mass is 16.5. The molecule has 18 heavy (non-hydrogen) atoms. The number of carbonyl (C=O) groups is 1. The van der Waals surface area contributed by atoms with Crippen molar-refractivity contribution in [1.82, 2.24) is 10.6 Å². The number of hydrogen-bond donors (Lipinski definition) is 2. The molecule has 2 atom stereocenters. The standard InChI is InChI=1S/C14H20N2O2/c1-11-9-13(7-8-15-11)16-14(17)18-10-12-5-3-2-4-6-12/h2-6,11,13,15H,7-10H2,1H3,(H,16,17)/t11-,13?/m0/s1. The first-order valence-electron chi connectivity index (χ1n) is 6.44. The Hall–Kier alpha value is -1.55. The normalized spacial score (nSPS) is 23.4. The molecule has 0 saturated carbocycles. The van der Waals surface area contributed by atoms with Gasteiger partial charge in [-0.25, -0.2) is 4.79 Å². The molecule has 1 amide bonds. The van der Waals surface area contributed by atoms with Crippen molar-refractivity contribution >= 4 is 6.09 Å². The second kappa shape index (κ2) is 6.40. The minimum absolute atomic E-state index is 0.226.